The third-order valence-corrected chi connectivity index (χ3v) is 4.52. The molecule has 0 bridgehead atoms. The third-order valence-electron chi connectivity index (χ3n) is 4.52. The Morgan fingerprint density at radius 2 is 1.91 bits per heavy atom. The number of likely N-dealkylation sites (N-methyl/N-ethyl adjacent to an activating group) is 1. The van der Waals surface area contributed by atoms with Crippen molar-refractivity contribution in [1.29, 1.82) is 0 Å². The standard InChI is InChI=1S/C17H28N6/c1-13-12-15-16(20-14(2)21-17(15)19-13)18-6-4-5-7-23-10-8-22(3)9-11-23/h12H,4-11H2,1-3H3,(H2,18,19,20,21). The Labute approximate surface area is 138 Å². The summed E-state index contributed by atoms with van der Waals surface area (Å²) in [7, 11) is 2.20. The predicted molar refractivity (Wildman–Crippen MR) is 95.0 cm³/mol. The molecule has 0 spiro atoms. The van der Waals surface area contributed by atoms with Gasteiger partial charge in [0.25, 0.3) is 0 Å². The molecule has 0 unspecified atom stereocenters. The Morgan fingerprint density at radius 3 is 2.70 bits per heavy atom. The van der Waals surface area contributed by atoms with E-state index in [-0.39, 0.29) is 0 Å². The maximum atomic E-state index is 4.55. The van der Waals surface area contributed by atoms with E-state index in [1.54, 1.807) is 0 Å². The van der Waals surface area contributed by atoms with Crippen LogP contribution in [-0.2, 0) is 0 Å². The molecule has 2 N–H and O–H groups in total. The monoisotopic (exact) mass is 316 g/mol. The number of unbranched alkanes of at least 4 members (excludes halogenated alkanes) is 1. The predicted octanol–water partition coefficient (Wildman–Crippen LogP) is 2.01. The fourth-order valence-electron chi connectivity index (χ4n) is 3.13. The van der Waals surface area contributed by atoms with Crippen LogP contribution < -0.4 is 5.32 Å². The van der Waals surface area contributed by atoms with Crippen molar-refractivity contribution in [3.8, 4) is 0 Å². The summed E-state index contributed by atoms with van der Waals surface area (Å²) in [4.78, 5) is 17.3. The number of aryl methyl sites for hydroxylation is 2. The van der Waals surface area contributed by atoms with Crippen LogP contribution in [0.15, 0.2) is 6.07 Å². The number of hydrogen-bond donors (Lipinski definition) is 2. The van der Waals surface area contributed by atoms with Crippen molar-refractivity contribution < 1.29 is 0 Å². The van der Waals surface area contributed by atoms with Gasteiger partial charge >= 0.3 is 0 Å². The molecule has 3 heterocycles. The molecule has 0 atom stereocenters. The highest BCUT2D eigenvalue weighted by molar-refractivity contribution is 5.87. The molecule has 6 heteroatoms. The molecule has 0 aromatic carbocycles. The molecule has 2 aromatic heterocycles. The SMILES string of the molecule is Cc1nc(NCCCCN2CCN(C)CC2)c2cc(C)[nH]c2n1. The van der Waals surface area contributed by atoms with Crippen molar-refractivity contribution in [3.63, 3.8) is 0 Å². The van der Waals surface area contributed by atoms with Crippen LogP contribution >= 0.6 is 0 Å². The Morgan fingerprint density at radius 1 is 1.13 bits per heavy atom. The highest BCUT2D eigenvalue weighted by Crippen LogP contribution is 2.21. The number of nitrogens with zero attached hydrogens (tertiary/aromatic N) is 4. The number of rotatable bonds is 6. The van der Waals surface area contributed by atoms with E-state index in [2.05, 4.69) is 50.1 Å². The van der Waals surface area contributed by atoms with Gasteiger partial charge in [-0.3, -0.25) is 0 Å². The van der Waals surface area contributed by atoms with Crippen molar-refractivity contribution in [2.45, 2.75) is 26.7 Å². The minimum Gasteiger partial charge on any atom is -0.369 e. The number of piperazine rings is 1. The maximum Gasteiger partial charge on any atom is 0.143 e. The summed E-state index contributed by atoms with van der Waals surface area (Å²) in [5, 5.41) is 4.58. The summed E-state index contributed by atoms with van der Waals surface area (Å²) in [5.41, 5.74) is 2.05. The molecule has 2 aromatic rings. The van der Waals surface area contributed by atoms with Gasteiger partial charge in [0, 0.05) is 38.4 Å². The molecular formula is C17H28N6. The highest BCUT2D eigenvalue weighted by Gasteiger charge is 2.13. The first-order valence-electron chi connectivity index (χ1n) is 8.60. The van der Waals surface area contributed by atoms with Crippen LogP contribution in [0.1, 0.15) is 24.4 Å². The summed E-state index contributed by atoms with van der Waals surface area (Å²) in [6, 6.07) is 2.11. The molecular weight excluding hydrogens is 288 g/mol. The number of H-pyrrole nitrogens is 1. The zero-order valence-electron chi connectivity index (χ0n) is 14.5. The second-order valence-corrected chi connectivity index (χ2v) is 6.61. The van der Waals surface area contributed by atoms with Gasteiger partial charge in [0.2, 0.25) is 0 Å². The molecule has 23 heavy (non-hydrogen) atoms. The lowest BCUT2D eigenvalue weighted by Gasteiger charge is -2.32. The van der Waals surface area contributed by atoms with E-state index in [9.17, 15) is 0 Å². The molecule has 1 fully saturated rings. The first kappa shape index (κ1) is 16.2. The third kappa shape index (κ3) is 4.20. The van der Waals surface area contributed by atoms with Gasteiger partial charge in [0.15, 0.2) is 0 Å². The van der Waals surface area contributed by atoms with Gasteiger partial charge in [0.05, 0.1) is 5.39 Å². The largest absolute Gasteiger partial charge is 0.369 e. The second-order valence-electron chi connectivity index (χ2n) is 6.61. The Balaban J connectivity index is 1.46. The zero-order valence-corrected chi connectivity index (χ0v) is 14.5. The number of anilines is 1. The Kier molecular flexibility index (Phi) is 5.13. The molecule has 1 aliphatic heterocycles. The summed E-state index contributed by atoms with van der Waals surface area (Å²) < 4.78 is 0. The van der Waals surface area contributed by atoms with E-state index in [1.165, 1.54) is 45.6 Å². The first-order valence-corrected chi connectivity index (χ1v) is 8.60. The van der Waals surface area contributed by atoms with Crippen LogP contribution in [0, 0.1) is 13.8 Å². The van der Waals surface area contributed by atoms with Gasteiger partial charge < -0.3 is 20.1 Å². The molecule has 1 saturated heterocycles. The lowest BCUT2D eigenvalue weighted by atomic mass is 10.2. The topological polar surface area (TPSA) is 60.1 Å². The van der Waals surface area contributed by atoms with Gasteiger partial charge in [-0.15, -0.1) is 0 Å². The van der Waals surface area contributed by atoms with E-state index < -0.39 is 0 Å². The first-order chi connectivity index (χ1) is 11.1. The van der Waals surface area contributed by atoms with Crippen LogP contribution in [0.4, 0.5) is 5.82 Å². The summed E-state index contributed by atoms with van der Waals surface area (Å²) in [5.74, 6) is 1.76. The van der Waals surface area contributed by atoms with E-state index in [0.717, 1.165) is 34.9 Å². The van der Waals surface area contributed by atoms with Crippen molar-refractivity contribution in [3.05, 3.63) is 17.6 Å². The van der Waals surface area contributed by atoms with E-state index in [0.29, 0.717) is 0 Å². The van der Waals surface area contributed by atoms with Crippen LogP contribution in [0.3, 0.4) is 0 Å². The number of nitrogens with one attached hydrogen (secondary N) is 2. The van der Waals surface area contributed by atoms with Crippen molar-refractivity contribution in [2.24, 2.45) is 0 Å². The fraction of sp³-hybridized carbons (Fsp3) is 0.647. The van der Waals surface area contributed by atoms with Gasteiger partial charge in [-0.25, -0.2) is 9.97 Å². The number of aromatic amines is 1. The van der Waals surface area contributed by atoms with E-state index >= 15 is 0 Å². The van der Waals surface area contributed by atoms with Crippen LogP contribution in [-0.4, -0.2) is 71.1 Å². The highest BCUT2D eigenvalue weighted by atomic mass is 15.2. The molecule has 6 nitrogen and oxygen atoms in total. The Hall–Kier alpha value is -1.66. The average molecular weight is 316 g/mol. The molecule has 1 aliphatic rings. The van der Waals surface area contributed by atoms with Gasteiger partial charge in [-0.05, 0) is 46.3 Å². The zero-order chi connectivity index (χ0) is 16.2. The average Bonchev–Trinajstić information content (AvgIpc) is 2.89. The van der Waals surface area contributed by atoms with Gasteiger partial charge in [-0.1, -0.05) is 0 Å². The minimum absolute atomic E-state index is 0.805. The van der Waals surface area contributed by atoms with Gasteiger partial charge in [-0.2, -0.15) is 0 Å². The van der Waals surface area contributed by atoms with E-state index in [1.807, 2.05) is 6.92 Å². The van der Waals surface area contributed by atoms with Crippen LogP contribution in [0.25, 0.3) is 11.0 Å². The van der Waals surface area contributed by atoms with Gasteiger partial charge in [0.1, 0.15) is 17.3 Å². The normalized spacial score (nSPS) is 17.0. The number of fused-ring (bicyclic) bond motifs is 1. The minimum atomic E-state index is 0.805. The summed E-state index contributed by atoms with van der Waals surface area (Å²) in [6.45, 7) is 11.0. The molecule has 0 saturated carbocycles. The van der Waals surface area contributed by atoms with Crippen molar-refractivity contribution in [2.75, 3.05) is 51.6 Å². The van der Waals surface area contributed by atoms with Crippen LogP contribution in [0.2, 0.25) is 0 Å². The van der Waals surface area contributed by atoms with Crippen molar-refractivity contribution in [1.82, 2.24) is 24.8 Å². The number of aromatic nitrogens is 3. The molecule has 0 aliphatic carbocycles. The molecule has 126 valence electrons. The molecule has 0 amide bonds. The van der Waals surface area contributed by atoms with Crippen LogP contribution in [0.5, 0.6) is 0 Å². The summed E-state index contributed by atoms with van der Waals surface area (Å²) >= 11 is 0. The maximum absolute atomic E-state index is 4.55. The van der Waals surface area contributed by atoms with E-state index in [4.69, 9.17) is 0 Å². The smallest absolute Gasteiger partial charge is 0.143 e. The summed E-state index contributed by atoms with van der Waals surface area (Å²) in [6.07, 6.45) is 2.40. The quantitative estimate of drug-likeness (QED) is 0.799. The van der Waals surface area contributed by atoms with Crippen molar-refractivity contribution >= 4 is 16.9 Å². The molecule has 3 rings (SSSR count). The Bertz CT molecular complexity index is 642. The fourth-order valence-corrected chi connectivity index (χ4v) is 3.13. The lowest BCUT2D eigenvalue weighted by molar-refractivity contribution is 0.152. The molecule has 0 radical (unpaired) electrons. The number of hydrogen-bond acceptors (Lipinski definition) is 5. The lowest BCUT2D eigenvalue weighted by Crippen LogP contribution is -2.44. The second kappa shape index (κ2) is 7.27.